The predicted octanol–water partition coefficient (Wildman–Crippen LogP) is 2.31. The number of hydrogen-bond acceptors (Lipinski definition) is 3. The zero-order valence-electron chi connectivity index (χ0n) is 12.8. The monoisotopic (exact) mass is 291 g/mol. The fourth-order valence-corrected chi connectivity index (χ4v) is 3.34. The Morgan fingerprint density at radius 1 is 1.43 bits per heavy atom. The molecule has 21 heavy (non-hydrogen) atoms. The Hall–Kier alpha value is -1.36. The van der Waals surface area contributed by atoms with E-state index in [1.165, 1.54) is 5.56 Å². The molecule has 3 heterocycles. The maximum Gasteiger partial charge on any atom is 0.222 e. The van der Waals surface area contributed by atoms with Crippen molar-refractivity contribution < 1.29 is 9.53 Å². The van der Waals surface area contributed by atoms with Crippen LogP contribution in [0.3, 0.4) is 0 Å². The van der Waals surface area contributed by atoms with Crippen LogP contribution in [0.4, 0.5) is 0 Å². The third kappa shape index (κ3) is 3.64. The van der Waals surface area contributed by atoms with E-state index in [1.54, 1.807) is 0 Å². The van der Waals surface area contributed by atoms with Gasteiger partial charge in [-0.25, -0.2) is 0 Å². The average Bonchev–Trinajstić information content (AvgIpc) is 3.16. The molecule has 2 atom stereocenters. The van der Waals surface area contributed by atoms with E-state index in [1.807, 2.05) is 15.8 Å². The molecular weight excluding hydrogens is 266 g/mol. The van der Waals surface area contributed by atoms with Crippen molar-refractivity contribution in [3.05, 3.63) is 18.0 Å². The first-order valence-electron chi connectivity index (χ1n) is 8.12. The molecule has 0 saturated carbocycles. The Bertz CT molecular complexity index is 480. The van der Waals surface area contributed by atoms with Gasteiger partial charge in [-0.15, -0.1) is 0 Å². The number of carbonyl (C=O) groups excluding carboxylic acids is 1. The fraction of sp³-hybridized carbons (Fsp3) is 0.750. The Morgan fingerprint density at radius 3 is 3.05 bits per heavy atom. The summed E-state index contributed by atoms with van der Waals surface area (Å²) in [5.41, 5.74) is 1.18. The van der Waals surface area contributed by atoms with Gasteiger partial charge in [0.2, 0.25) is 5.91 Å². The molecule has 3 rings (SSSR count). The average molecular weight is 291 g/mol. The molecule has 2 aliphatic heterocycles. The van der Waals surface area contributed by atoms with Crippen molar-refractivity contribution in [2.24, 2.45) is 0 Å². The Labute approximate surface area is 126 Å². The first-order chi connectivity index (χ1) is 10.2. The van der Waals surface area contributed by atoms with E-state index in [-0.39, 0.29) is 5.91 Å². The summed E-state index contributed by atoms with van der Waals surface area (Å²) in [6, 6.07) is 0.333. The van der Waals surface area contributed by atoms with E-state index in [9.17, 15) is 4.79 Å². The van der Waals surface area contributed by atoms with E-state index in [4.69, 9.17) is 4.74 Å². The van der Waals surface area contributed by atoms with Crippen molar-refractivity contribution >= 4 is 5.91 Å². The van der Waals surface area contributed by atoms with Gasteiger partial charge in [0.1, 0.15) is 0 Å². The van der Waals surface area contributed by atoms with Gasteiger partial charge < -0.3 is 9.64 Å². The summed E-state index contributed by atoms with van der Waals surface area (Å²) in [5.74, 6) is 0.277. The molecule has 1 aromatic heterocycles. The maximum absolute atomic E-state index is 12.4. The largest absolute Gasteiger partial charge is 0.378 e. The molecule has 116 valence electrons. The van der Waals surface area contributed by atoms with Gasteiger partial charge in [0.25, 0.3) is 0 Å². The number of aryl methyl sites for hydroxylation is 1. The van der Waals surface area contributed by atoms with E-state index >= 15 is 0 Å². The van der Waals surface area contributed by atoms with Crippen molar-refractivity contribution in [2.75, 3.05) is 19.7 Å². The summed E-state index contributed by atoms with van der Waals surface area (Å²) in [6.07, 6.45) is 10.2. The molecule has 5 heteroatoms. The lowest BCUT2D eigenvalue weighted by Crippen LogP contribution is -2.41. The number of likely N-dealkylation sites (tertiary alicyclic amines) is 1. The van der Waals surface area contributed by atoms with Crippen LogP contribution in [0.1, 0.15) is 50.1 Å². The van der Waals surface area contributed by atoms with Crippen LogP contribution in [-0.4, -0.2) is 46.4 Å². The van der Waals surface area contributed by atoms with Gasteiger partial charge in [0.15, 0.2) is 0 Å². The second kappa shape index (κ2) is 6.60. The minimum absolute atomic E-state index is 0.277. The minimum Gasteiger partial charge on any atom is -0.378 e. The van der Waals surface area contributed by atoms with Crippen molar-refractivity contribution in [3.63, 3.8) is 0 Å². The van der Waals surface area contributed by atoms with Crippen LogP contribution < -0.4 is 0 Å². The zero-order chi connectivity index (χ0) is 14.7. The lowest BCUT2D eigenvalue weighted by atomic mass is 10.0. The van der Waals surface area contributed by atoms with E-state index in [0.717, 1.165) is 51.8 Å². The van der Waals surface area contributed by atoms with Gasteiger partial charge in [0, 0.05) is 32.3 Å². The SMILES string of the molecule is Cc1cnn([C@@H]2CCCN(C(=O)CC[C@@H]3CCCO3)C2)c1. The summed E-state index contributed by atoms with van der Waals surface area (Å²) in [5, 5.41) is 4.40. The Balaban J connectivity index is 1.51. The minimum atomic E-state index is 0.277. The summed E-state index contributed by atoms with van der Waals surface area (Å²) >= 11 is 0. The highest BCUT2D eigenvalue weighted by Gasteiger charge is 2.26. The summed E-state index contributed by atoms with van der Waals surface area (Å²) in [7, 11) is 0. The van der Waals surface area contributed by atoms with Crippen molar-refractivity contribution in [3.8, 4) is 0 Å². The highest BCUT2D eigenvalue weighted by molar-refractivity contribution is 5.76. The second-order valence-electron chi connectivity index (χ2n) is 6.31. The van der Waals surface area contributed by atoms with Gasteiger partial charge in [-0.05, 0) is 44.6 Å². The van der Waals surface area contributed by atoms with Crippen LogP contribution in [0, 0.1) is 6.92 Å². The predicted molar refractivity (Wildman–Crippen MR) is 80.0 cm³/mol. The van der Waals surface area contributed by atoms with Gasteiger partial charge in [-0.1, -0.05) is 0 Å². The normalized spacial score (nSPS) is 26.2. The number of piperidine rings is 1. The van der Waals surface area contributed by atoms with Crippen molar-refractivity contribution in [1.82, 2.24) is 14.7 Å². The van der Waals surface area contributed by atoms with Crippen molar-refractivity contribution in [1.29, 1.82) is 0 Å². The number of ether oxygens (including phenoxy) is 1. The number of amides is 1. The number of aromatic nitrogens is 2. The molecule has 2 saturated heterocycles. The van der Waals surface area contributed by atoms with Gasteiger partial charge >= 0.3 is 0 Å². The van der Waals surface area contributed by atoms with Crippen LogP contribution in [0.25, 0.3) is 0 Å². The molecule has 0 aromatic carbocycles. The second-order valence-corrected chi connectivity index (χ2v) is 6.31. The molecule has 0 spiro atoms. The zero-order valence-corrected chi connectivity index (χ0v) is 12.8. The number of hydrogen-bond donors (Lipinski definition) is 0. The number of rotatable bonds is 4. The molecular formula is C16H25N3O2. The summed E-state index contributed by atoms with van der Waals surface area (Å²) in [6.45, 7) is 4.60. The third-order valence-electron chi connectivity index (χ3n) is 4.56. The third-order valence-corrected chi connectivity index (χ3v) is 4.56. The van der Waals surface area contributed by atoms with Crippen LogP contribution in [0.2, 0.25) is 0 Å². The molecule has 0 unspecified atom stereocenters. The lowest BCUT2D eigenvalue weighted by Gasteiger charge is -2.33. The van der Waals surface area contributed by atoms with Crippen LogP contribution in [0.5, 0.6) is 0 Å². The molecule has 1 amide bonds. The molecule has 5 nitrogen and oxygen atoms in total. The number of nitrogens with zero attached hydrogens (tertiary/aromatic N) is 3. The van der Waals surface area contributed by atoms with Crippen molar-refractivity contribution in [2.45, 2.75) is 57.6 Å². The highest BCUT2D eigenvalue weighted by Crippen LogP contribution is 2.23. The molecule has 2 fully saturated rings. The molecule has 0 radical (unpaired) electrons. The van der Waals surface area contributed by atoms with Gasteiger partial charge in [-0.3, -0.25) is 9.48 Å². The Morgan fingerprint density at radius 2 is 2.33 bits per heavy atom. The topological polar surface area (TPSA) is 47.4 Å². The van der Waals surface area contributed by atoms with E-state index in [0.29, 0.717) is 18.6 Å². The summed E-state index contributed by atoms with van der Waals surface area (Å²) in [4.78, 5) is 14.4. The first-order valence-corrected chi connectivity index (χ1v) is 8.12. The molecule has 2 aliphatic rings. The van der Waals surface area contributed by atoms with E-state index in [2.05, 4.69) is 18.2 Å². The van der Waals surface area contributed by atoms with Gasteiger partial charge in [-0.2, -0.15) is 5.10 Å². The smallest absolute Gasteiger partial charge is 0.222 e. The standard InChI is InChI=1S/C16H25N3O2/c1-13-10-17-19(11-13)14-4-2-8-18(12-14)16(20)7-6-15-5-3-9-21-15/h10-11,14-15H,2-9,12H2,1H3/t14-,15+/m1/s1. The lowest BCUT2D eigenvalue weighted by molar-refractivity contribution is -0.133. The van der Waals surface area contributed by atoms with Gasteiger partial charge in [0.05, 0.1) is 18.3 Å². The van der Waals surface area contributed by atoms with E-state index < -0.39 is 0 Å². The maximum atomic E-state index is 12.4. The molecule has 1 aromatic rings. The summed E-state index contributed by atoms with van der Waals surface area (Å²) < 4.78 is 7.62. The fourth-order valence-electron chi connectivity index (χ4n) is 3.34. The van der Waals surface area contributed by atoms with Crippen LogP contribution in [0.15, 0.2) is 12.4 Å². The molecule has 0 N–H and O–H groups in total. The Kier molecular flexibility index (Phi) is 4.58. The highest BCUT2D eigenvalue weighted by atomic mass is 16.5. The first kappa shape index (κ1) is 14.6. The molecule has 0 bridgehead atoms. The van der Waals surface area contributed by atoms with Crippen LogP contribution >= 0.6 is 0 Å². The quantitative estimate of drug-likeness (QED) is 0.855. The van der Waals surface area contributed by atoms with Crippen LogP contribution in [-0.2, 0) is 9.53 Å². The number of carbonyl (C=O) groups is 1. The molecule has 0 aliphatic carbocycles.